The quantitative estimate of drug-likeness (QED) is 0.288. The van der Waals surface area contributed by atoms with Gasteiger partial charge in [-0.15, -0.1) is 0 Å². The van der Waals surface area contributed by atoms with E-state index in [0.29, 0.717) is 11.1 Å². The van der Waals surface area contributed by atoms with Gasteiger partial charge >= 0.3 is 5.97 Å². The summed E-state index contributed by atoms with van der Waals surface area (Å²) in [6, 6.07) is 14.5. The minimum atomic E-state index is -1.29. The molecular formula is C23H22N4O6. The molecule has 0 saturated heterocycles. The molecule has 0 radical (unpaired) electrons. The predicted octanol–water partition coefficient (Wildman–Crippen LogP) is 2.46. The molecule has 2 amide bonds. The number of nitrogens with zero attached hydrogens (tertiary/aromatic N) is 2. The number of primary amides is 1. The van der Waals surface area contributed by atoms with Crippen LogP contribution in [0.1, 0.15) is 35.3 Å². The second-order valence-corrected chi connectivity index (χ2v) is 7.21. The van der Waals surface area contributed by atoms with Crippen LogP contribution in [0, 0.1) is 10.1 Å². The van der Waals surface area contributed by atoms with Gasteiger partial charge in [-0.25, -0.2) is 4.98 Å². The molecule has 1 heterocycles. The molecular weight excluding hydrogens is 428 g/mol. The van der Waals surface area contributed by atoms with E-state index in [2.05, 4.69) is 10.3 Å². The maximum Gasteiger partial charge on any atom is 0.306 e. The van der Waals surface area contributed by atoms with Gasteiger partial charge in [0.05, 0.1) is 23.5 Å². The largest absolute Gasteiger partial charge is 0.466 e. The zero-order valence-corrected chi connectivity index (χ0v) is 17.8. The minimum absolute atomic E-state index is 0.0681. The van der Waals surface area contributed by atoms with E-state index in [9.17, 15) is 24.5 Å². The zero-order chi connectivity index (χ0) is 24.0. The van der Waals surface area contributed by atoms with Gasteiger partial charge in [0.15, 0.2) is 0 Å². The molecule has 3 N–H and O–H groups in total. The summed E-state index contributed by atoms with van der Waals surface area (Å²) in [4.78, 5) is 52.2. The number of para-hydroxylation sites is 1. The molecule has 33 heavy (non-hydrogen) atoms. The van der Waals surface area contributed by atoms with E-state index >= 15 is 0 Å². The van der Waals surface area contributed by atoms with Crippen molar-refractivity contribution < 1.29 is 24.0 Å². The zero-order valence-electron chi connectivity index (χ0n) is 17.8. The number of nitrogens with two attached hydrogens (primary N) is 1. The standard InChI is InChI=1S/C23H22N4O6/c1-2-33-20(28)13-17(14-7-10-16(11-8-14)27(31)32)21(22(24)29)26-23(30)19-12-9-15-5-3-4-6-18(15)25-19/h3-12,17,21H,2,13H2,1H3,(H2,24,29)(H,26,30)/t17-,21+/m0/s1. The average molecular weight is 450 g/mol. The molecule has 0 spiro atoms. The maximum atomic E-state index is 12.9. The number of fused-ring (bicyclic) bond motifs is 1. The number of rotatable bonds is 9. The first-order valence-electron chi connectivity index (χ1n) is 10.2. The summed E-state index contributed by atoms with van der Waals surface area (Å²) in [6.07, 6.45) is -0.273. The number of nitrogens with one attached hydrogen (secondary N) is 1. The third-order valence-corrected chi connectivity index (χ3v) is 5.05. The Kier molecular flexibility index (Phi) is 7.29. The summed E-state index contributed by atoms with van der Waals surface area (Å²) in [5, 5.41) is 14.4. The minimum Gasteiger partial charge on any atom is -0.466 e. The molecule has 0 bridgehead atoms. The van der Waals surface area contributed by atoms with Crippen molar-refractivity contribution in [1.29, 1.82) is 0 Å². The van der Waals surface area contributed by atoms with Crippen molar-refractivity contribution >= 4 is 34.4 Å². The fraction of sp³-hybridized carbons (Fsp3) is 0.217. The highest BCUT2D eigenvalue weighted by molar-refractivity contribution is 5.98. The Bertz CT molecular complexity index is 1200. The van der Waals surface area contributed by atoms with Crippen molar-refractivity contribution in [3.05, 3.63) is 82.0 Å². The van der Waals surface area contributed by atoms with E-state index in [-0.39, 0.29) is 24.4 Å². The van der Waals surface area contributed by atoms with E-state index in [1.807, 2.05) is 12.1 Å². The van der Waals surface area contributed by atoms with Crippen LogP contribution < -0.4 is 11.1 Å². The number of hydrogen-bond acceptors (Lipinski definition) is 7. The summed E-state index contributed by atoms with van der Waals surface area (Å²) in [5.41, 5.74) is 6.50. The van der Waals surface area contributed by atoms with Crippen molar-refractivity contribution in [3.8, 4) is 0 Å². The van der Waals surface area contributed by atoms with E-state index in [1.54, 1.807) is 25.1 Å². The number of amides is 2. The number of hydrogen-bond donors (Lipinski definition) is 2. The maximum absolute atomic E-state index is 12.9. The number of nitro benzene ring substituents is 1. The highest BCUT2D eigenvalue weighted by atomic mass is 16.6. The molecule has 0 aliphatic heterocycles. The summed E-state index contributed by atoms with van der Waals surface area (Å²) in [5.74, 6) is -3.05. The van der Waals surface area contributed by atoms with E-state index in [0.717, 1.165) is 5.39 Å². The van der Waals surface area contributed by atoms with Crippen LogP contribution in [0.15, 0.2) is 60.7 Å². The van der Waals surface area contributed by atoms with Crippen LogP contribution in [0.4, 0.5) is 5.69 Å². The molecule has 10 heteroatoms. The third-order valence-electron chi connectivity index (χ3n) is 5.05. The smallest absolute Gasteiger partial charge is 0.306 e. The topological polar surface area (TPSA) is 155 Å². The van der Waals surface area contributed by atoms with E-state index in [4.69, 9.17) is 10.5 Å². The number of esters is 1. The lowest BCUT2D eigenvalue weighted by Crippen LogP contribution is -2.49. The fourth-order valence-corrected chi connectivity index (χ4v) is 3.45. The van der Waals surface area contributed by atoms with Crippen LogP contribution in [-0.4, -0.2) is 40.3 Å². The van der Waals surface area contributed by atoms with Gasteiger partial charge in [0, 0.05) is 23.4 Å². The molecule has 3 aromatic rings. The SMILES string of the molecule is CCOC(=O)C[C@@H](c1ccc([N+](=O)[O-])cc1)[C@@H](NC(=O)c1ccc2ccccc2n1)C(N)=O. The molecule has 0 unspecified atom stereocenters. The molecule has 0 fully saturated rings. The first kappa shape index (κ1) is 23.3. The average Bonchev–Trinajstić information content (AvgIpc) is 2.81. The number of carbonyl (C=O) groups is 3. The van der Waals surface area contributed by atoms with Gasteiger partial charge in [-0.1, -0.05) is 36.4 Å². The molecule has 3 rings (SSSR count). The van der Waals surface area contributed by atoms with Crippen LogP contribution in [-0.2, 0) is 14.3 Å². The Hall–Kier alpha value is -4.34. The monoisotopic (exact) mass is 450 g/mol. The highest BCUT2D eigenvalue weighted by Gasteiger charge is 2.32. The van der Waals surface area contributed by atoms with Crippen molar-refractivity contribution in [1.82, 2.24) is 10.3 Å². The van der Waals surface area contributed by atoms with Gasteiger partial charge in [-0.2, -0.15) is 0 Å². The fourth-order valence-electron chi connectivity index (χ4n) is 3.45. The molecule has 2 atom stereocenters. The lowest BCUT2D eigenvalue weighted by Gasteiger charge is -2.25. The van der Waals surface area contributed by atoms with E-state index < -0.39 is 34.7 Å². The van der Waals surface area contributed by atoms with Crippen LogP contribution in [0.2, 0.25) is 0 Å². The highest BCUT2D eigenvalue weighted by Crippen LogP contribution is 2.27. The molecule has 0 aliphatic rings. The lowest BCUT2D eigenvalue weighted by molar-refractivity contribution is -0.384. The summed E-state index contributed by atoms with van der Waals surface area (Å²) >= 11 is 0. The number of non-ortho nitro benzene ring substituents is 1. The van der Waals surface area contributed by atoms with Gasteiger partial charge < -0.3 is 15.8 Å². The predicted molar refractivity (Wildman–Crippen MR) is 119 cm³/mol. The Balaban J connectivity index is 1.92. The summed E-state index contributed by atoms with van der Waals surface area (Å²) in [7, 11) is 0. The second kappa shape index (κ2) is 10.3. The Morgan fingerprint density at radius 3 is 2.42 bits per heavy atom. The van der Waals surface area contributed by atoms with Gasteiger partial charge in [0.1, 0.15) is 11.7 Å². The normalized spacial score (nSPS) is 12.5. The van der Waals surface area contributed by atoms with Gasteiger partial charge in [0.2, 0.25) is 5.91 Å². The van der Waals surface area contributed by atoms with Crippen LogP contribution >= 0.6 is 0 Å². The molecule has 170 valence electrons. The Morgan fingerprint density at radius 1 is 1.09 bits per heavy atom. The van der Waals surface area contributed by atoms with Crippen LogP contribution in [0.3, 0.4) is 0 Å². The van der Waals surface area contributed by atoms with Crippen molar-refractivity contribution in [3.63, 3.8) is 0 Å². The second-order valence-electron chi connectivity index (χ2n) is 7.21. The summed E-state index contributed by atoms with van der Waals surface area (Å²) < 4.78 is 5.00. The van der Waals surface area contributed by atoms with E-state index in [1.165, 1.54) is 30.3 Å². The first-order valence-corrected chi connectivity index (χ1v) is 10.2. The molecule has 1 aromatic heterocycles. The number of pyridine rings is 1. The van der Waals surface area contributed by atoms with Crippen molar-refractivity contribution in [2.45, 2.75) is 25.3 Å². The molecule has 2 aromatic carbocycles. The third kappa shape index (κ3) is 5.67. The van der Waals surface area contributed by atoms with Crippen LogP contribution in [0.25, 0.3) is 10.9 Å². The Morgan fingerprint density at radius 2 is 1.79 bits per heavy atom. The number of ether oxygens (including phenoxy) is 1. The number of carbonyl (C=O) groups excluding carboxylic acids is 3. The molecule has 10 nitrogen and oxygen atoms in total. The summed E-state index contributed by atoms with van der Waals surface area (Å²) in [6.45, 7) is 1.76. The number of benzene rings is 2. The van der Waals surface area contributed by atoms with Gasteiger partial charge in [-0.3, -0.25) is 24.5 Å². The number of aromatic nitrogens is 1. The van der Waals surface area contributed by atoms with Gasteiger partial charge in [-0.05, 0) is 24.6 Å². The van der Waals surface area contributed by atoms with Crippen LogP contribution in [0.5, 0.6) is 0 Å². The van der Waals surface area contributed by atoms with Crippen molar-refractivity contribution in [2.24, 2.45) is 5.73 Å². The number of nitro groups is 1. The Labute approximate surface area is 188 Å². The molecule has 0 aliphatic carbocycles. The van der Waals surface area contributed by atoms with Gasteiger partial charge in [0.25, 0.3) is 11.6 Å². The molecule has 0 saturated carbocycles. The lowest BCUT2D eigenvalue weighted by atomic mass is 9.87. The first-order chi connectivity index (χ1) is 15.8. The van der Waals surface area contributed by atoms with Crippen molar-refractivity contribution in [2.75, 3.05) is 6.61 Å².